The van der Waals surface area contributed by atoms with E-state index in [0.29, 0.717) is 6.04 Å². The normalized spacial score (nSPS) is 26.7. The molecule has 5 heteroatoms. The number of hydrogen-bond donors (Lipinski definition) is 1. The molecule has 0 aromatic carbocycles. The number of ether oxygens (including phenoxy) is 1. The molecule has 0 spiro atoms. The van der Waals surface area contributed by atoms with Gasteiger partial charge in [-0.3, -0.25) is 4.90 Å². The molecule has 0 radical (unpaired) electrons. The molecule has 0 bridgehead atoms. The van der Waals surface area contributed by atoms with E-state index in [1.54, 1.807) is 0 Å². The smallest absolute Gasteiger partial charge is 0.410 e. The number of piperazine rings is 1. The topological polar surface area (TPSA) is 44.8 Å². The van der Waals surface area contributed by atoms with Crippen molar-refractivity contribution in [2.45, 2.75) is 32.4 Å². The zero-order valence-electron chi connectivity index (χ0n) is 10.3. The Morgan fingerprint density at radius 3 is 2.81 bits per heavy atom. The van der Waals surface area contributed by atoms with Crippen molar-refractivity contribution in [3.05, 3.63) is 0 Å². The quantitative estimate of drug-likeness (QED) is 0.653. The Hall–Kier alpha value is -0.810. The van der Waals surface area contributed by atoms with Gasteiger partial charge >= 0.3 is 6.09 Å². The van der Waals surface area contributed by atoms with Crippen LogP contribution in [0.15, 0.2) is 0 Å². The highest BCUT2D eigenvalue weighted by atomic mass is 16.6. The summed E-state index contributed by atoms with van der Waals surface area (Å²) in [7, 11) is 0. The third-order valence-electron chi connectivity index (χ3n) is 2.95. The van der Waals surface area contributed by atoms with Crippen LogP contribution in [0.4, 0.5) is 4.79 Å². The molecule has 2 aliphatic rings. The molecule has 0 aromatic rings. The first kappa shape index (κ1) is 11.7. The molecule has 0 saturated carbocycles. The number of rotatable bonds is 0. The van der Waals surface area contributed by atoms with Crippen molar-refractivity contribution < 1.29 is 9.53 Å². The molecule has 1 atom stereocenters. The Balaban J connectivity index is 1.89. The third kappa shape index (κ3) is 2.65. The fourth-order valence-electron chi connectivity index (χ4n) is 2.16. The molecule has 1 N–H and O–H groups in total. The minimum atomic E-state index is -0.401. The third-order valence-corrected chi connectivity index (χ3v) is 2.95. The van der Waals surface area contributed by atoms with E-state index in [1.807, 2.05) is 25.7 Å². The zero-order valence-corrected chi connectivity index (χ0v) is 10.3. The van der Waals surface area contributed by atoms with Crippen LogP contribution in [0, 0.1) is 0 Å². The average molecular weight is 227 g/mol. The van der Waals surface area contributed by atoms with E-state index in [4.69, 9.17) is 4.74 Å². The lowest BCUT2D eigenvalue weighted by Crippen LogP contribution is -2.53. The van der Waals surface area contributed by atoms with Gasteiger partial charge in [-0.2, -0.15) is 0 Å². The van der Waals surface area contributed by atoms with E-state index in [1.165, 1.54) is 0 Å². The molecule has 1 amide bonds. The van der Waals surface area contributed by atoms with Gasteiger partial charge in [0.1, 0.15) is 5.60 Å². The molecule has 2 aliphatic heterocycles. The Kier molecular flexibility index (Phi) is 3.08. The van der Waals surface area contributed by atoms with Gasteiger partial charge in [0.2, 0.25) is 0 Å². The molecule has 0 aliphatic carbocycles. The molecule has 2 saturated heterocycles. The summed E-state index contributed by atoms with van der Waals surface area (Å²) < 4.78 is 5.37. The Bertz CT molecular complexity index is 275. The van der Waals surface area contributed by atoms with Gasteiger partial charge in [0.15, 0.2) is 0 Å². The van der Waals surface area contributed by atoms with Gasteiger partial charge < -0.3 is 15.0 Å². The Morgan fingerprint density at radius 2 is 2.12 bits per heavy atom. The minimum absolute atomic E-state index is 0.181. The molecule has 2 fully saturated rings. The van der Waals surface area contributed by atoms with E-state index in [9.17, 15) is 4.79 Å². The molecule has 0 aromatic heterocycles. The maximum atomic E-state index is 11.9. The number of hydrogen-bond acceptors (Lipinski definition) is 4. The number of fused-ring (bicyclic) bond motifs is 1. The van der Waals surface area contributed by atoms with Gasteiger partial charge in [0, 0.05) is 38.9 Å². The lowest BCUT2D eigenvalue weighted by Gasteiger charge is -2.37. The summed E-state index contributed by atoms with van der Waals surface area (Å²) in [6.07, 6.45) is -0.181. The van der Waals surface area contributed by atoms with Crippen LogP contribution >= 0.6 is 0 Å². The summed E-state index contributed by atoms with van der Waals surface area (Å²) >= 11 is 0. The molecular weight excluding hydrogens is 206 g/mol. The zero-order chi connectivity index (χ0) is 11.8. The van der Waals surface area contributed by atoms with Crippen LogP contribution in [-0.4, -0.2) is 60.4 Å². The second-order valence-corrected chi connectivity index (χ2v) is 5.50. The highest BCUT2D eigenvalue weighted by molar-refractivity contribution is 5.68. The molecule has 16 heavy (non-hydrogen) atoms. The monoisotopic (exact) mass is 227 g/mol. The predicted octanol–water partition coefficient (Wildman–Crippen LogP) is 0.468. The molecular formula is C11H21N3O2. The minimum Gasteiger partial charge on any atom is -0.444 e. The predicted molar refractivity (Wildman–Crippen MR) is 61.2 cm³/mol. The summed E-state index contributed by atoms with van der Waals surface area (Å²) in [5, 5.41) is 3.32. The first-order valence-corrected chi connectivity index (χ1v) is 5.88. The van der Waals surface area contributed by atoms with Gasteiger partial charge in [0.05, 0.1) is 0 Å². The van der Waals surface area contributed by atoms with Crippen LogP contribution in [0.2, 0.25) is 0 Å². The van der Waals surface area contributed by atoms with Crippen molar-refractivity contribution in [3.63, 3.8) is 0 Å². The highest BCUT2D eigenvalue weighted by Crippen LogP contribution is 2.16. The fourth-order valence-corrected chi connectivity index (χ4v) is 2.16. The standard InChI is InChI=1S/C11H21N3O2/c1-11(2,3)16-10(15)13-4-5-14-8-12-6-9(14)7-13/h9,12H,4-8H2,1-3H3. The SMILES string of the molecule is CC(C)(C)OC(=O)N1CCN2CNCC2C1. The van der Waals surface area contributed by atoms with Crippen LogP contribution in [0.25, 0.3) is 0 Å². The van der Waals surface area contributed by atoms with Gasteiger partial charge in [-0.05, 0) is 20.8 Å². The number of amides is 1. The van der Waals surface area contributed by atoms with E-state index < -0.39 is 5.60 Å². The molecule has 1 unspecified atom stereocenters. The van der Waals surface area contributed by atoms with Crippen LogP contribution in [0.3, 0.4) is 0 Å². The van der Waals surface area contributed by atoms with Crippen molar-refractivity contribution in [1.82, 2.24) is 15.1 Å². The van der Waals surface area contributed by atoms with Gasteiger partial charge in [-0.1, -0.05) is 0 Å². The maximum Gasteiger partial charge on any atom is 0.410 e. The second-order valence-electron chi connectivity index (χ2n) is 5.50. The Labute approximate surface area is 96.7 Å². The molecule has 92 valence electrons. The van der Waals surface area contributed by atoms with Crippen LogP contribution in [0.5, 0.6) is 0 Å². The van der Waals surface area contributed by atoms with Crippen LogP contribution in [0.1, 0.15) is 20.8 Å². The number of carbonyl (C=O) groups is 1. The molecule has 2 heterocycles. The van der Waals surface area contributed by atoms with Gasteiger partial charge in [-0.15, -0.1) is 0 Å². The van der Waals surface area contributed by atoms with E-state index in [-0.39, 0.29) is 6.09 Å². The first-order valence-electron chi connectivity index (χ1n) is 5.88. The van der Waals surface area contributed by atoms with Gasteiger partial charge in [0.25, 0.3) is 0 Å². The first-order chi connectivity index (χ1) is 7.46. The number of nitrogens with zero attached hydrogens (tertiary/aromatic N) is 2. The van der Waals surface area contributed by atoms with Crippen molar-refractivity contribution in [2.75, 3.05) is 32.8 Å². The molecule has 2 rings (SSSR count). The van der Waals surface area contributed by atoms with E-state index in [0.717, 1.165) is 32.8 Å². The average Bonchev–Trinajstić information content (AvgIpc) is 2.61. The van der Waals surface area contributed by atoms with E-state index >= 15 is 0 Å². The lowest BCUT2D eigenvalue weighted by molar-refractivity contribution is 0.0100. The van der Waals surface area contributed by atoms with Crippen molar-refractivity contribution in [2.24, 2.45) is 0 Å². The summed E-state index contributed by atoms with van der Waals surface area (Å²) in [5.74, 6) is 0. The maximum absolute atomic E-state index is 11.9. The van der Waals surface area contributed by atoms with Gasteiger partial charge in [-0.25, -0.2) is 4.79 Å². The van der Waals surface area contributed by atoms with Crippen molar-refractivity contribution in [1.29, 1.82) is 0 Å². The number of nitrogens with one attached hydrogen (secondary N) is 1. The van der Waals surface area contributed by atoms with Crippen LogP contribution < -0.4 is 5.32 Å². The summed E-state index contributed by atoms with van der Waals surface area (Å²) in [6.45, 7) is 10.1. The fraction of sp³-hybridized carbons (Fsp3) is 0.909. The summed E-state index contributed by atoms with van der Waals surface area (Å²) in [5.41, 5.74) is -0.401. The summed E-state index contributed by atoms with van der Waals surface area (Å²) in [4.78, 5) is 16.1. The summed E-state index contributed by atoms with van der Waals surface area (Å²) in [6, 6.07) is 0.460. The largest absolute Gasteiger partial charge is 0.444 e. The van der Waals surface area contributed by atoms with Crippen LogP contribution in [-0.2, 0) is 4.74 Å². The van der Waals surface area contributed by atoms with Crippen molar-refractivity contribution in [3.8, 4) is 0 Å². The highest BCUT2D eigenvalue weighted by Gasteiger charge is 2.34. The van der Waals surface area contributed by atoms with Crippen molar-refractivity contribution >= 4 is 6.09 Å². The Morgan fingerprint density at radius 1 is 1.38 bits per heavy atom. The number of carbonyl (C=O) groups excluding carboxylic acids is 1. The lowest BCUT2D eigenvalue weighted by atomic mass is 10.2. The molecule has 5 nitrogen and oxygen atoms in total. The second kappa shape index (κ2) is 4.22. The van der Waals surface area contributed by atoms with E-state index in [2.05, 4.69) is 10.2 Å².